The van der Waals surface area contributed by atoms with E-state index in [0.29, 0.717) is 6.61 Å². The molecule has 0 fully saturated rings. The second-order valence-electron chi connectivity index (χ2n) is 6.06. The lowest BCUT2D eigenvalue weighted by atomic mass is 10.1. The third kappa shape index (κ3) is 7.04. The van der Waals surface area contributed by atoms with Gasteiger partial charge in [0.05, 0.1) is 9.50 Å². The van der Waals surface area contributed by atoms with E-state index in [2.05, 4.69) is 38.8 Å². The Hall–Kier alpha value is -1.46. The van der Waals surface area contributed by atoms with Crippen LogP contribution in [0.15, 0.2) is 51.9 Å². The molecule has 0 bridgehead atoms. The normalized spacial score (nSPS) is 10.5. The third-order valence-corrected chi connectivity index (χ3v) is 4.11. The summed E-state index contributed by atoms with van der Waals surface area (Å²) in [6.45, 7) is 6.67. The lowest BCUT2D eigenvalue weighted by molar-refractivity contribution is 0.242. The zero-order valence-corrected chi connectivity index (χ0v) is 18.5. The molecule has 140 valence electrons. The van der Waals surface area contributed by atoms with Gasteiger partial charge in [-0.2, -0.15) is 0 Å². The van der Waals surface area contributed by atoms with E-state index in [4.69, 9.17) is 14.2 Å². The van der Waals surface area contributed by atoms with Gasteiger partial charge in [0, 0.05) is 0 Å². The van der Waals surface area contributed by atoms with E-state index in [1.807, 2.05) is 62.4 Å². The highest BCUT2D eigenvalue weighted by Crippen LogP contribution is 2.30. The van der Waals surface area contributed by atoms with Gasteiger partial charge in [-0.25, -0.2) is 0 Å². The van der Waals surface area contributed by atoms with Crippen LogP contribution < -0.4 is 14.2 Å². The minimum atomic E-state index is 0.158. The molecular formula is C21H24Br2O3. The highest BCUT2D eigenvalue weighted by molar-refractivity contribution is 9.28. The molecule has 2 rings (SSSR count). The standard InChI is InChI=1S/C21H24Br2O3/c1-4-5-16-14-19(10-11-20(16)24-13-12-21(22)23)26-18-8-6-17(7-9-18)25-15(2)3/h6-12,14-15H,4-5,13H2,1-3H3. The summed E-state index contributed by atoms with van der Waals surface area (Å²) in [7, 11) is 0. The second kappa shape index (κ2) is 10.6. The minimum Gasteiger partial charge on any atom is -0.491 e. The van der Waals surface area contributed by atoms with Crippen LogP contribution in [0.3, 0.4) is 0 Å². The molecule has 0 aliphatic rings. The van der Waals surface area contributed by atoms with E-state index in [1.165, 1.54) is 0 Å². The molecule has 26 heavy (non-hydrogen) atoms. The number of benzene rings is 2. The largest absolute Gasteiger partial charge is 0.491 e. The van der Waals surface area contributed by atoms with E-state index >= 15 is 0 Å². The smallest absolute Gasteiger partial charge is 0.127 e. The maximum absolute atomic E-state index is 5.98. The molecule has 0 spiro atoms. The summed E-state index contributed by atoms with van der Waals surface area (Å²) in [4.78, 5) is 0. The molecule has 0 N–H and O–H groups in total. The zero-order chi connectivity index (χ0) is 18.9. The fourth-order valence-corrected chi connectivity index (χ4v) is 2.68. The average Bonchev–Trinajstić information content (AvgIpc) is 2.58. The first-order valence-corrected chi connectivity index (χ1v) is 10.3. The monoisotopic (exact) mass is 482 g/mol. The van der Waals surface area contributed by atoms with E-state index in [0.717, 1.165) is 44.8 Å². The van der Waals surface area contributed by atoms with Crippen LogP contribution in [0.2, 0.25) is 0 Å². The van der Waals surface area contributed by atoms with Crippen LogP contribution in [0, 0.1) is 0 Å². The zero-order valence-electron chi connectivity index (χ0n) is 15.3. The number of hydrogen-bond acceptors (Lipinski definition) is 3. The van der Waals surface area contributed by atoms with E-state index in [1.54, 1.807) is 0 Å². The Bertz CT molecular complexity index is 721. The SMILES string of the molecule is CCCc1cc(Oc2ccc(OC(C)C)cc2)ccc1OCC=C(Br)Br. The van der Waals surface area contributed by atoms with E-state index < -0.39 is 0 Å². The van der Waals surface area contributed by atoms with Crippen molar-refractivity contribution in [2.45, 2.75) is 39.7 Å². The molecule has 0 aromatic heterocycles. The molecule has 0 heterocycles. The number of hydrogen-bond donors (Lipinski definition) is 0. The van der Waals surface area contributed by atoms with Crippen LogP contribution in [-0.2, 0) is 6.42 Å². The van der Waals surface area contributed by atoms with E-state index in [9.17, 15) is 0 Å². The Morgan fingerprint density at radius 1 is 1.00 bits per heavy atom. The van der Waals surface area contributed by atoms with Crippen molar-refractivity contribution in [2.24, 2.45) is 0 Å². The summed E-state index contributed by atoms with van der Waals surface area (Å²) in [5.74, 6) is 3.31. The summed E-state index contributed by atoms with van der Waals surface area (Å²) in [5.41, 5.74) is 1.14. The van der Waals surface area contributed by atoms with Gasteiger partial charge >= 0.3 is 0 Å². The summed E-state index contributed by atoms with van der Waals surface area (Å²) in [5, 5.41) is 0. The molecule has 0 amide bonds. The Kier molecular flexibility index (Phi) is 8.52. The van der Waals surface area contributed by atoms with Gasteiger partial charge in [0.1, 0.15) is 29.6 Å². The lowest BCUT2D eigenvalue weighted by Gasteiger charge is -2.13. The van der Waals surface area contributed by atoms with Crippen LogP contribution in [0.5, 0.6) is 23.0 Å². The Morgan fingerprint density at radius 2 is 1.65 bits per heavy atom. The molecule has 0 aliphatic carbocycles. The molecule has 3 nitrogen and oxygen atoms in total. The molecule has 2 aromatic carbocycles. The van der Waals surface area contributed by atoms with Crippen LogP contribution in [-0.4, -0.2) is 12.7 Å². The van der Waals surface area contributed by atoms with Gasteiger partial charge in [0.15, 0.2) is 0 Å². The predicted octanol–water partition coefficient (Wildman–Crippen LogP) is 7.23. The molecule has 0 saturated carbocycles. The van der Waals surface area contributed by atoms with Crippen LogP contribution >= 0.6 is 31.9 Å². The van der Waals surface area contributed by atoms with Crippen LogP contribution in [0.1, 0.15) is 32.8 Å². The molecule has 5 heteroatoms. The number of aryl methyl sites for hydroxylation is 1. The molecule has 0 radical (unpaired) electrons. The van der Waals surface area contributed by atoms with Crippen molar-refractivity contribution in [3.63, 3.8) is 0 Å². The van der Waals surface area contributed by atoms with Crippen molar-refractivity contribution in [1.82, 2.24) is 0 Å². The molecule has 0 saturated heterocycles. The van der Waals surface area contributed by atoms with Gasteiger partial charge < -0.3 is 14.2 Å². The molecule has 0 unspecified atom stereocenters. The van der Waals surface area contributed by atoms with Crippen molar-refractivity contribution in [3.05, 3.63) is 57.5 Å². The first-order valence-electron chi connectivity index (χ1n) is 8.69. The molecule has 0 aliphatic heterocycles. The van der Waals surface area contributed by atoms with Crippen molar-refractivity contribution < 1.29 is 14.2 Å². The molecule has 0 atom stereocenters. The van der Waals surface area contributed by atoms with Crippen LogP contribution in [0.25, 0.3) is 0 Å². The van der Waals surface area contributed by atoms with Gasteiger partial charge in [-0.05, 0) is 106 Å². The topological polar surface area (TPSA) is 27.7 Å². The first kappa shape index (κ1) is 20.8. The fraction of sp³-hybridized carbons (Fsp3) is 0.333. The highest BCUT2D eigenvalue weighted by Gasteiger charge is 2.07. The van der Waals surface area contributed by atoms with Gasteiger partial charge in [-0.15, -0.1) is 0 Å². The summed E-state index contributed by atoms with van der Waals surface area (Å²) in [6, 6.07) is 13.6. The van der Waals surface area contributed by atoms with Gasteiger partial charge in [-0.3, -0.25) is 0 Å². The van der Waals surface area contributed by atoms with Gasteiger partial charge in [0.25, 0.3) is 0 Å². The predicted molar refractivity (Wildman–Crippen MR) is 114 cm³/mol. The summed E-state index contributed by atoms with van der Waals surface area (Å²) < 4.78 is 18.4. The minimum absolute atomic E-state index is 0.158. The maximum Gasteiger partial charge on any atom is 0.127 e. The maximum atomic E-state index is 5.98. The Labute approximate surface area is 172 Å². The van der Waals surface area contributed by atoms with Crippen molar-refractivity contribution in [1.29, 1.82) is 0 Å². The molecule has 2 aromatic rings. The second-order valence-corrected chi connectivity index (χ2v) is 8.84. The van der Waals surface area contributed by atoms with Crippen LogP contribution in [0.4, 0.5) is 0 Å². The molecular weight excluding hydrogens is 460 g/mol. The fourth-order valence-electron chi connectivity index (χ4n) is 2.41. The van der Waals surface area contributed by atoms with E-state index in [-0.39, 0.29) is 6.10 Å². The number of ether oxygens (including phenoxy) is 3. The third-order valence-electron chi connectivity index (χ3n) is 3.46. The first-order chi connectivity index (χ1) is 12.5. The van der Waals surface area contributed by atoms with Crippen molar-refractivity contribution >= 4 is 31.9 Å². The summed E-state index contributed by atoms with van der Waals surface area (Å²) >= 11 is 6.67. The van der Waals surface area contributed by atoms with Crippen molar-refractivity contribution in [2.75, 3.05) is 6.61 Å². The lowest BCUT2D eigenvalue weighted by Crippen LogP contribution is -2.05. The summed E-state index contributed by atoms with van der Waals surface area (Å²) in [6.07, 6.45) is 4.05. The number of halogens is 2. The number of rotatable bonds is 9. The highest BCUT2D eigenvalue weighted by atomic mass is 79.9. The van der Waals surface area contributed by atoms with Gasteiger partial charge in [-0.1, -0.05) is 13.3 Å². The Balaban J connectivity index is 2.09. The average molecular weight is 484 g/mol. The van der Waals surface area contributed by atoms with Gasteiger partial charge in [0.2, 0.25) is 0 Å². The Morgan fingerprint density at radius 3 is 2.27 bits per heavy atom. The quantitative estimate of drug-likeness (QED) is 0.376. The van der Waals surface area contributed by atoms with Crippen molar-refractivity contribution in [3.8, 4) is 23.0 Å².